The minimum absolute atomic E-state index is 0.0350. The van der Waals surface area contributed by atoms with E-state index in [2.05, 4.69) is 20.4 Å². The predicted octanol–water partition coefficient (Wildman–Crippen LogP) is 4.85. The molecule has 1 saturated heterocycles. The summed E-state index contributed by atoms with van der Waals surface area (Å²) in [6.07, 6.45) is 5.26. The molecule has 3 aliphatic rings. The molecule has 2 aliphatic carbocycles. The number of hydrogen-bond donors (Lipinski definition) is 0. The molecule has 8 heteroatoms. The summed E-state index contributed by atoms with van der Waals surface area (Å²) in [5.41, 5.74) is 0.722. The van der Waals surface area contributed by atoms with Crippen LogP contribution >= 0.6 is 0 Å². The number of cyclic esters (lactones) is 1. The fourth-order valence-corrected chi connectivity index (χ4v) is 6.63. The molecule has 0 aromatic carbocycles. The van der Waals surface area contributed by atoms with Crippen molar-refractivity contribution in [3.63, 3.8) is 0 Å². The zero-order valence-corrected chi connectivity index (χ0v) is 22.9. The molecule has 0 bridgehead atoms. The predicted molar refractivity (Wildman–Crippen MR) is 136 cm³/mol. The van der Waals surface area contributed by atoms with Gasteiger partial charge in [0, 0.05) is 24.7 Å². The smallest absolute Gasteiger partial charge is 0.337 e. The summed E-state index contributed by atoms with van der Waals surface area (Å²) < 4.78 is 22.2. The summed E-state index contributed by atoms with van der Waals surface area (Å²) >= 11 is 0. The Balaban J connectivity index is 1.90. The highest BCUT2D eigenvalue weighted by molar-refractivity contribution is 5.92. The van der Waals surface area contributed by atoms with Crippen molar-refractivity contribution in [3.8, 4) is 0 Å². The quantitative estimate of drug-likeness (QED) is 0.185. The number of allylic oxidation sites excluding steroid dienone is 2. The van der Waals surface area contributed by atoms with E-state index in [0.29, 0.717) is 18.4 Å². The van der Waals surface area contributed by atoms with E-state index in [1.807, 2.05) is 6.08 Å². The number of carbonyl (C=O) groups is 4. The molecule has 1 heterocycles. The molecule has 8 nitrogen and oxygen atoms in total. The molecule has 37 heavy (non-hydrogen) atoms. The average Bonchev–Trinajstić information content (AvgIpc) is 3.22. The van der Waals surface area contributed by atoms with Crippen LogP contribution < -0.4 is 0 Å². The number of rotatable bonds is 9. The first-order valence-corrected chi connectivity index (χ1v) is 13.6. The Kier molecular flexibility index (Phi) is 9.24. The Morgan fingerprint density at radius 1 is 1.03 bits per heavy atom. The first-order valence-electron chi connectivity index (χ1n) is 13.6. The minimum atomic E-state index is -0.691. The van der Waals surface area contributed by atoms with Crippen molar-refractivity contribution in [2.45, 2.75) is 98.2 Å². The lowest BCUT2D eigenvalue weighted by Crippen LogP contribution is -2.58. The fourth-order valence-electron chi connectivity index (χ4n) is 6.63. The molecule has 0 spiro atoms. The van der Waals surface area contributed by atoms with E-state index in [0.717, 1.165) is 24.8 Å². The highest BCUT2D eigenvalue weighted by Gasteiger charge is 2.59. The number of ether oxygens (including phenoxy) is 4. The van der Waals surface area contributed by atoms with Crippen LogP contribution in [-0.4, -0.2) is 49.3 Å². The molecule has 3 rings (SSSR count). The molecule has 0 aromatic heterocycles. The van der Waals surface area contributed by atoms with Gasteiger partial charge in [-0.3, -0.25) is 14.4 Å². The molecule has 0 N–H and O–H groups in total. The van der Waals surface area contributed by atoms with Gasteiger partial charge in [0.05, 0.1) is 5.57 Å². The molecule has 6 atom stereocenters. The van der Waals surface area contributed by atoms with Crippen molar-refractivity contribution < 1.29 is 38.1 Å². The third kappa shape index (κ3) is 5.93. The minimum Gasteiger partial charge on any atom is -0.465 e. The van der Waals surface area contributed by atoms with E-state index in [4.69, 9.17) is 18.9 Å². The monoisotopic (exact) mass is 518 g/mol. The third-order valence-electron chi connectivity index (χ3n) is 8.80. The zero-order valence-electron chi connectivity index (χ0n) is 22.9. The molecular weight excluding hydrogens is 476 g/mol. The molecular formula is C29H42O8. The number of carbonyl (C=O) groups excluding carboxylic acids is 4. The molecule has 0 aromatic rings. The van der Waals surface area contributed by atoms with E-state index >= 15 is 0 Å². The van der Waals surface area contributed by atoms with E-state index < -0.39 is 17.5 Å². The number of hydrogen-bond acceptors (Lipinski definition) is 8. The van der Waals surface area contributed by atoms with Gasteiger partial charge in [0.2, 0.25) is 0 Å². The van der Waals surface area contributed by atoms with Gasteiger partial charge < -0.3 is 18.9 Å². The van der Waals surface area contributed by atoms with Gasteiger partial charge in [0.1, 0.15) is 19.3 Å². The van der Waals surface area contributed by atoms with Gasteiger partial charge in [0.25, 0.3) is 0 Å². The van der Waals surface area contributed by atoms with Crippen molar-refractivity contribution in [2.24, 2.45) is 22.7 Å². The number of esters is 4. The van der Waals surface area contributed by atoms with Crippen LogP contribution in [0.3, 0.4) is 0 Å². The van der Waals surface area contributed by atoms with Gasteiger partial charge in [-0.15, -0.1) is 0 Å². The van der Waals surface area contributed by atoms with Crippen LogP contribution in [-0.2, 0) is 38.1 Å². The summed E-state index contributed by atoms with van der Waals surface area (Å²) in [6, 6.07) is 0. The van der Waals surface area contributed by atoms with Crippen molar-refractivity contribution in [2.75, 3.05) is 13.2 Å². The maximum atomic E-state index is 12.4. The molecule has 1 aliphatic heterocycles. The molecule has 206 valence electrons. The van der Waals surface area contributed by atoms with Gasteiger partial charge in [-0.25, -0.2) is 4.79 Å². The standard InChI is InChI=1S/C29H42O8/c1-7-24(30)35-17-29(6)22-13-10-18(4)20(28(22,5)15-14-23(29)37-26(32)9-3)12-11-19-21(16-34-27(19)33)36-25(31)8-2/h11,20-23H,4,7-10,12-17H2,1-3,5-6H3/b19-11+/t20-,21+,22?,23+,28+,29-/m0/s1. The second kappa shape index (κ2) is 11.8. The maximum Gasteiger partial charge on any atom is 0.337 e. The maximum absolute atomic E-state index is 12.4. The Bertz CT molecular complexity index is 952. The summed E-state index contributed by atoms with van der Waals surface area (Å²) in [7, 11) is 0. The Labute approximate surface area is 220 Å². The Morgan fingerprint density at radius 2 is 1.68 bits per heavy atom. The van der Waals surface area contributed by atoms with Crippen molar-refractivity contribution in [1.82, 2.24) is 0 Å². The second-order valence-corrected chi connectivity index (χ2v) is 11.0. The normalized spacial score (nSPS) is 34.5. The molecule has 1 unspecified atom stereocenters. The van der Waals surface area contributed by atoms with Gasteiger partial charge in [-0.1, -0.05) is 52.8 Å². The van der Waals surface area contributed by atoms with E-state index in [1.165, 1.54) is 0 Å². The second-order valence-electron chi connectivity index (χ2n) is 11.0. The van der Waals surface area contributed by atoms with Crippen molar-refractivity contribution in [3.05, 3.63) is 23.8 Å². The van der Waals surface area contributed by atoms with Crippen LogP contribution in [0.2, 0.25) is 0 Å². The van der Waals surface area contributed by atoms with Crippen molar-refractivity contribution >= 4 is 23.9 Å². The van der Waals surface area contributed by atoms with Crippen LogP contribution in [0.25, 0.3) is 0 Å². The molecule has 0 amide bonds. The topological polar surface area (TPSA) is 105 Å². The lowest BCUT2D eigenvalue weighted by atomic mass is 9.46. The molecule has 3 fully saturated rings. The lowest BCUT2D eigenvalue weighted by molar-refractivity contribution is -0.193. The highest BCUT2D eigenvalue weighted by Crippen LogP contribution is 2.62. The van der Waals surface area contributed by atoms with Crippen molar-refractivity contribution in [1.29, 1.82) is 0 Å². The SMILES string of the molecule is C=C1CCC2[C@](C)(COC(=O)CC)[C@H](OC(=O)CC)CC[C@]2(C)[C@H]1C/C=C1/C(=O)OC[C@H]1OC(=O)CC. The van der Waals surface area contributed by atoms with Crippen LogP contribution in [0.15, 0.2) is 23.8 Å². The molecule has 2 saturated carbocycles. The largest absolute Gasteiger partial charge is 0.465 e. The first kappa shape index (κ1) is 28.9. The van der Waals surface area contributed by atoms with Gasteiger partial charge >= 0.3 is 23.9 Å². The number of fused-ring (bicyclic) bond motifs is 1. The fraction of sp³-hybridized carbons (Fsp3) is 0.724. The Hall–Kier alpha value is -2.64. The zero-order chi connectivity index (χ0) is 27.4. The van der Waals surface area contributed by atoms with Crippen LogP contribution in [0.1, 0.15) is 86.0 Å². The summed E-state index contributed by atoms with van der Waals surface area (Å²) in [4.78, 5) is 48.7. The van der Waals surface area contributed by atoms with Crippen LogP contribution in [0.4, 0.5) is 0 Å². The first-order chi connectivity index (χ1) is 17.5. The van der Waals surface area contributed by atoms with Gasteiger partial charge in [-0.2, -0.15) is 0 Å². The Morgan fingerprint density at radius 3 is 2.32 bits per heavy atom. The summed E-state index contributed by atoms with van der Waals surface area (Å²) in [6.45, 7) is 14.2. The third-order valence-corrected chi connectivity index (χ3v) is 8.80. The van der Waals surface area contributed by atoms with E-state index in [1.54, 1.807) is 20.8 Å². The lowest BCUT2D eigenvalue weighted by Gasteiger charge is -2.60. The summed E-state index contributed by atoms with van der Waals surface area (Å²) in [5.74, 6) is -1.20. The van der Waals surface area contributed by atoms with Gasteiger partial charge in [0.15, 0.2) is 6.10 Å². The van der Waals surface area contributed by atoms with Crippen LogP contribution in [0, 0.1) is 22.7 Å². The van der Waals surface area contributed by atoms with Crippen LogP contribution in [0.5, 0.6) is 0 Å². The summed E-state index contributed by atoms with van der Waals surface area (Å²) in [5, 5.41) is 0. The van der Waals surface area contributed by atoms with E-state index in [9.17, 15) is 19.2 Å². The van der Waals surface area contributed by atoms with Gasteiger partial charge in [-0.05, 0) is 49.4 Å². The van der Waals surface area contributed by atoms with E-state index in [-0.39, 0.29) is 73.7 Å². The highest BCUT2D eigenvalue weighted by atomic mass is 16.6. The molecule has 0 radical (unpaired) electrons. The average molecular weight is 519 g/mol.